The van der Waals surface area contributed by atoms with Crippen LogP contribution in [0.1, 0.15) is 34.4 Å². The van der Waals surface area contributed by atoms with Crippen molar-refractivity contribution in [3.05, 3.63) is 142 Å². The average molecular weight is 549 g/mol. The number of aromatic nitrogens is 1. The van der Waals surface area contributed by atoms with E-state index in [2.05, 4.69) is 20.9 Å². The number of anilines is 1. The summed E-state index contributed by atoms with van der Waals surface area (Å²) < 4.78 is 0. The van der Waals surface area contributed by atoms with Gasteiger partial charge in [0.05, 0.1) is 17.7 Å². The molecule has 6 N–H and O–H groups in total. The number of phenolic OH excluding ortho intramolecular Hbond substituents is 1. The highest BCUT2D eigenvalue weighted by atomic mass is 16.3. The number of hydrogen-bond acceptors (Lipinski definition) is 5. The number of aliphatic hydroxyl groups excluding tert-OH is 1. The standard InChI is InChI=1S/C33H32N4O4/c38-28-17-15-26(27-16-18-30(40)36-32(27)28)29(39)21-34-20-19-22-11-13-25(14-12-22)35-33(41)37-31(23-7-3-1-4-8-23)24-9-5-2-6-10-24/h1-18,29,31,34,38-39H,19-21H2,(H,36,40)(H2,35,37,41)/t29-/m1/s1. The molecule has 0 unspecified atom stereocenters. The Morgan fingerprint density at radius 3 is 2.12 bits per heavy atom. The lowest BCUT2D eigenvalue weighted by Gasteiger charge is -2.20. The summed E-state index contributed by atoms with van der Waals surface area (Å²) in [6, 6.07) is 32.9. The van der Waals surface area contributed by atoms with Crippen LogP contribution in [0, 0.1) is 0 Å². The van der Waals surface area contributed by atoms with E-state index < -0.39 is 6.10 Å². The molecule has 41 heavy (non-hydrogen) atoms. The molecular weight excluding hydrogens is 516 g/mol. The summed E-state index contributed by atoms with van der Waals surface area (Å²) in [6.07, 6.45) is -0.0860. The van der Waals surface area contributed by atoms with Crippen molar-refractivity contribution in [1.82, 2.24) is 15.6 Å². The van der Waals surface area contributed by atoms with Crippen molar-refractivity contribution >= 4 is 22.6 Å². The fourth-order valence-electron chi connectivity index (χ4n) is 4.83. The lowest BCUT2D eigenvalue weighted by molar-refractivity contribution is 0.176. The smallest absolute Gasteiger partial charge is 0.319 e. The second-order valence-corrected chi connectivity index (χ2v) is 9.80. The number of aromatic amines is 1. The minimum Gasteiger partial charge on any atom is -0.506 e. The molecule has 0 saturated carbocycles. The first-order valence-corrected chi connectivity index (χ1v) is 13.5. The van der Waals surface area contributed by atoms with E-state index in [4.69, 9.17) is 0 Å². The van der Waals surface area contributed by atoms with Crippen LogP contribution in [-0.2, 0) is 6.42 Å². The monoisotopic (exact) mass is 548 g/mol. The largest absolute Gasteiger partial charge is 0.506 e. The van der Waals surface area contributed by atoms with Crippen molar-refractivity contribution in [3.63, 3.8) is 0 Å². The van der Waals surface area contributed by atoms with Crippen LogP contribution in [0.5, 0.6) is 5.75 Å². The van der Waals surface area contributed by atoms with Gasteiger partial charge in [0.15, 0.2) is 0 Å². The molecule has 1 atom stereocenters. The molecular formula is C33H32N4O4. The number of amides is 2. The molecule has 208 valence electrons. The number of urea groups is 1. The summed E-state index contributed by atoms with van der Waals surface area (Å²) in [6.45, 7) is 0.940. The molecule has 0 aliphatic carbocycles. The van der Waals surface area contributed by atoms with Gasteiger partial charge in [0.2, 0.25) is 5.56 Å². The molecule has 0 fully saturated rings. The Kier molecular flexibility index (Phi) is 8.73. The highest BCUT2D eigenvalue weighted by molar-refractivity contribution is 5.90. The highest BCUT2D eigenvalue weighted by Crippen LogP contribution is 2.28. The molecule has 1 aromatic heterocycles. The maximum absolute atomic E-state index is 12.9. The van der Waals surface area contributed by atoms with Gasteiger partial charge in [-0.1, -0.05) is 78.9 Å². The first-order valence-electron chi connectivity index (χ1n) is 13.5. The predicted octanol–water partition coefficient (Wildman–Crippen LogP) is 5.01. The van der Waals surface area contributed by atoms with Crippen LogP contribution in [-0.4, -0.2) is 34.3 Å². The third-order valence-corrected chi connectivity index (χ3v) is 6.95. The normalized spacial score (nSPS) is 11.9. The minimum absolute atomic E-state index is 0.0377. The van der Waals surface area contributed by atoms with Crippen molar-refractivity contribution in [2.75, 3.05) is 18.4 Å². The van der Waals surface area contributed by atoms with Crippen molar-refractivity contribution in [2.45, 2.75) is 18.6 Å². The number of rotatable bonds is 10. The number of phenols is 1. The zero-order chi connectivity index (χ0) is 28.6. The van der Waals surface area contributed by atoms with Gasteiger partial charge in [0, 0.05) is 23.7 Å². The summed E-state index contributed by atoms with van der Waals surface area (Å²) in [5.74, 6) is -0.0377. The van der Waals surface area contributed by atoms with Gasteiger partial charge in [-0.15, -0.1) is 0 Å². The van der Waals surface area contributed by atoms with Crippen molar-refractivity contribution in [2.24, 2.45) is 0 Å². The van der Waals surface area contributed by atoms with Crippen LogP contribution in [0.4, 0.5) is 10.5 Å². The molecule has 4 aromatic carbocycles. The van der Waals surface area contributed by atoms with Gasteiger partial charge < -0.3 is 31.1 Å². The zero-order valence-electron chi connectivity index (χ0n) is 22.4. The third-order valence-electron chi connectivity index (χ3n) is 6.95. The Hall–Kier alpha value is -4.92. The van der Waals surface area contributed by atoms with Crippen LogP contribution in [0.3, 0.4) is 0 Å². The fraction of sp³-hybridized carbons (Fsp3) is 0.152. The molecule has 8 heteroatoms. The van der Waals surface area contributed by atoms with Gasteiger partial charge in [-0.05, 0) is 59.5 Å². The molecule has 0 bridgehead atoms. The van der Waals surface area contributed by atoms with Crippen molar-refractivity contribution in [3.8, 4) is 5.75 Å². The first-order chi connectivity index (χ1) is 20.0. The van der Waals surface area contributed by atoms with E-state index in [1.807, 2.05) is 84.9 Å². The van der Waals surface area contributed by atoms with Crippen LogP contribution < -0.4 is 21.5 Å². The van der Waals surface area contributed by atoms with E-state index in [-0.39, 0.29) is 23.4 Å². The van der Waals surface area contributed by atoms with Crippen molar-refractivity contribution < 1.29 is 15.0 Å². The average Bonchev–Trinajstić information content (AvgIpc) is 3.00. The van der Waals surface area contributed by atoms with Gasteiger partial charge in [-0.3, -0.25) is 4.79 Å². The van der Waals surface area contributed by atoms with E-state index in [1.54, 1.807) is 12.1 Å². The molecule has 2 amide bonds. The summed E-state index contributed by atoms with van der Waals surface area (Å²) >= 11 is 0. The summed E-state index contributed by atoms with van der Waals surface area (Å²) in [5, 5.41) is 30.6. The second-order valence-electron chi connectivity index (χ2n) is 9.80. The molecule has 5 aromatic rings. The number of fused-ring (bicyclic) bond motifs is 1. The number of aliphatic hydroxyl groups is 1. The first kappa shape index (κ1) is 27.6. The number of aromatic hydroxyl groups is 1. The molecule has 8 nitrogen and oxygen atoms in total. The van der Waals surface area contributed by atoms with Crippen molar-refractivity contribution in [1.29, 1.82) is 0 Å². The summed E-state index contributed by atoms with van der Waals surface area (Å²) in [5.41, 5.74) is 4.38. The van der Waals surface area contributed by atoms with Crippen LogP contribution >= 0.6 is 0 Å². The maximum atomic E-state index is 12.9. The Morgan fingerprint density at radius 1 is 0.805 bits per heavy atom. The fourth-order valence-corrected chi connectivity index (χ4v) is 4.83. The Labute approximate surface area is 237 Å². The number of nitrogens with one attached hydrogen (secondary N) is 4. The second kappa shape index (κ2) is 13.0. The Bertz CT molecular complexity index is 1620. The molecule has 0 aliphatic heterocycles. The van der Waals surface area contributed by atoms with Gasteiger partial charge in [0.25, 0.3) is 0 Å². The number of benzene rings is 4. The third kappa shape index (κ3) is 7.00. The SMILES string of the molecule is O=C(Nc1ccc(CCNC[C@@H](O)c2ccc(O)c3[nH]c(=O)ccc23)cc1)NC(c1ccccc1)c1ccccc1. The lowest BCUT2D eigenvalue weighted by atomic mass is 9.99. The van der Waals surface area contributed by atoms with E-state index in [0.717, 1.165) is 23.1 Å². The zero-order valence-corrected chi connectivity index (χ0v) is 22.4. The number of H-pyrrole nitrogens is 1. The maximum Gasteiger partial charge on any atom is 0.319 e. The van der Waals surface area contributed by atoms with Gasteiger partial charge in [-0.25, -0.2) is 4.79 Å². The van der Waals surface area contributed by atoms with Crippen LogP contribution in [0.15, 0.2) is 114 Å². The summed E-state index contributed by atoms with van der Waals surface area (Å²) in [4.78, 5) is 27.1. The molecule has 0 spiro atoms. The van der Waals surface area contributed by atoms with Crippen LogP contribution in [0.2, 0.25) is 0 Å². The number of hydrogen-bond donors (Lipinski definition) is 6. The molecule has 5 rings (SSSR count). The lowest BCUT2D eigenvalue weighted by Crippen LogP contribution is -2.33. The molecule has 1 heterocycles. The Morgan fingerprint density at radius 2 is 1.46 bits per heavy atom. The number of carbonyl (C=O) groups excluding carboxylic acids is 1. The van der Waals surface area contributed by atoms with E-state index in [0.29, 0.717) is 35.2 Å². The quantitative estimate of drug-likeness (QED) is 0.137. The van der Waals surface area contributed by atoms with E-state index in [9.17, 15) is 19.8 Å². The highest BCUT2D eigenvalue weighted by Gasteiger charge is 2.17. The van der Waals surface area contributed by atoms with Crippen LogP contribution in [0.25, 0.3) is 10.9 Å². The molecule has 0 radical (unpaired) electrons. The molecule has 0 aliphatic rings. The van der Waals surface area contributed by atoms with E-state index in [1.165, 1.54) is 12.1 Å². The summed E-state index contributed by atoms with van der Waals surface area (Å²) in [7, 11) is 0. The topological polar surface area (TPSA) is 126 Å². The van der Waals surface area contributed by atoms with E-state index >= 15 is 0 Å². The van der Waals surface area contributed by atoms with Gasteiger partial charge >= 0.3 is 6.03 Å². The van der Waals surface area contributed by atoms with Gasteiger partial charge in [0.1, 0.15) is 5.75 Å². The van der Waals surface area contributed by atoms with Gasteiger partial charge in [-0.2, -0.15) is 0 Å². The number of pyridine rings is 1. The number of carbonyl (C=O) groups is 1. The Balaban J connectivity index is 1.13. The molecule has 0 saturated heterocycles. The minimum atomic E-state index is -0.815. The predicted molar refractivity (Wildman–Crippen MR) is 161 cm³/mol.